The van der Waals surface area contributed by atoms with E-state index < -0.39 is 22.7 Å². The molecule has 0 bridgehead atoms. The van der Waals surface area contributed by atoms with Gasteiger partial charge in [0.15, 0.2) is 5.82 Å². The van der Waals surface area contributed by atoms with Gasteiger partial charge in [-0.2, -0.15) is 24.9 Å². The molecule has 3 heterocycles. The van der Waals surface area contributed by atoms with Crippen molar-refractivity contribution >= 4 is 33.6 Å². The minimum Gasteiger partial charge on any atom is -0.491 e. The summed E-state index contributed by atoms with van der Waals surface area (Å²) in [6.07, 6.45) is 0.0393. The van der Waals surface area contributed by atoms with Gasteiger partial charge in [-0.15, -0.1) is 0 Å². The fraction of sp³-hybridized carbons (Fsp3) is 0.389. The second kappa shape index (κ2) is 9.75. The molecule has 3 rings (SSSR count). The number of hydrogen-bond acceptors (Lipinski definition) is 6. The summed E-state index contributed by atoms with van der Waals surface area (Å²) in [5.74, 6) is 1.95. The minimum absolute atomic E-state index is 0. The zero-order valence-electron chi connectivity index (χ0n) is 16.5. The molecule has 30 heavy (non-hydrogen) atoms. The van der Waals surface area contributed by atoms with Gasteiger partial charge in [0.25, 0.3) is 0 Å². The standard InChI is InChI=1S/C18H19F3N4O2S2.H2O/c1-4-29(26)14-7-11(27-5-6-28-3)9-23-16(14)17-24-12-8-15(18(19,20)21)22-10-13(12)25(17)2;/h7-10H,4-6H2,1-3H3;1H2. The van der Waals surface area contributed by atoms with Gasteiger partial charge >= 0.3 is 6.18 Å². The minimum atomic E-state index is -4.56. The molecule has 0 aliphatic heterocycles. The van der Waals surface area contributed by atoms with E-state index in [1.165, 1.54) is 6.20 Å². The van der Waals surface area contributed by atoms with Crippen LogP contribution in [-0.4, -0.2) is 53.6 Å². The topological polar surface area (TPSA) is 101 Å². The summed E-state index contributed by atoms with van der Waals surface area (Å²) in [6, 6.07) is 2.55. The number of imidazole rings is 1. The van der Waals surface area contributed by atoms with Crippen molar-refractivity contribution in [3.05, 3.63) is 30.2 Å². The van der Waals surface area contributed by atoms with Gasteiger partial charge in [0, 0.05) is 24.6 Å². The number of fused-ring (bicyclic) bond motifs is 1. The SMILES string of the molecule is CCS(=O)c1cc(OCCSC)cnc1-c1nc2cc(C(F)(F)F)ncc2n1C.O. The lowest BCUT2D eigenvalue weighted by molar-refractivity contribution is -0.141. The fourth-order valence-electron chi connectivity index (χ4n) is 2.70. The first-order valence-electron chi connectivity index (χ1n) is 8.66. The van der Waals surface area contributed by atoms with E-state index in [2.05, 4.69) is 15.0 Å². The first-order valence-corrected chi connectivity index (χ1v) is 11.4. The van der Waals surface area contributed by atoms with E-state index in [4.69, 9.17) is 4.74 Å². The van der Waals surface area contributed by atoms with E-state index in [9.17, 15) is 17.4 Å². The van der Waals surface area contributed by atoms with E-state index in [0.29, 0.717) is 40.0 Å². The van der Waals surface area contributed by atoms with Crippen molar-refractivity contribution in [1.82, 2.24) is 19.5 Å². The van der Waals surface area contributed by atoms with Crippen LogP contribution in [0.4, 0.5) is 13.2 Å². The Kier molecular flexibility index (Phi) is 7.83. The average molecular weight is 463 g/mol. The molecule has 0 spiro atoms. The molecule has 0 aliphatic carbocycles. The number of hydrogen-bond donors (Lipinski definition) is 0. The van der Waals surface area contributed by atoms with Crippen molar-refractivity contribution < 1.29 is 27.6 Å². The maximum absolute atomic E-state index is 13.0. The highest BCUT2D eigenvalue weighted by Gasteiger charge is 2.33. The molecular formula is C18H21F3N4O3S2. The molecule has 3 aromatic rings. The maximum Gasteiger partial charge on any atom is 0.433 e. The summed E-state index contributed by atoms with van der Waals surface area (Å²) in [5, 5.41) is 0. The predicted molar refractivity (Wildman–Crippen MR) is 111 cm³/mol. The van der Waals surface area contributed by atoms with Crippen molar-refractivity contribution in [3.63, 3.8) is 0 Å². The normalized spacial score (nSPS) is 12.6. The quantitative estimate of drug-likeness (QED) is 0.500. The molecule has 0 saturated heterocycles. The highest BCUT2D eigenvalue weighted by Crippen LogP contribution is 2.32. The van der Waals surface area contributed by atoms with Gasteiger partial charge in [-0.1, -0.05) is 6.92 Å². The van der Waals surface area contributed by atoms with Gasteiger partial charge in [0.1, 0.15) is 17.1 Å². The highest BCUT2D eigenvalue weighted by atomic mass is 32.2. The number of aromatic nitrogens is 4. The number of rotatable bonds is 7. The van der Waals surface area contributed by atoms with Crippen LogP contribution in [0.25, 0.3) is 22.6 Å². The van der Waals surface area contributed by atoms with E-state index in [-0.39, 0.29) is 11.0 Å². The van der Waals surface area contributed by atoms with Crippen molar-refractivity contribution in [2.45, 2.75) is 18.0 Å². The van der Waals surface area contributed by atoms with Gasteiger partial charge in [0.2, 0.25) is 0 Å². The van der Waals surface area contributed by atoms with Gasteiger partial charge in [-0.3, -0.25) is 4.21 Å². The summed E-state index contributed by atoms with van der Waals surface area (Å²) >= 11 is 1.64. The Balaban J connectivity index is 0.00000320. The van der Waals surface area contributed by atoms with E-state index >= 15 is 0 Å². The van der Waals surface area contributed by atoms with Crippen molar-refractivity contribution in [2.75, 3.05) is 24.4 Å². The molecule has 3 aromatic heterocycles. The van der Waals surface area contributed by atoms with Crippen molar-refractivity contribution in [2.24, 2.45) is 7.05 Å². The second-order valence-corrected chi connectivity index (χ2v) is 8.74. The molecule has 0 aromatic carbocycles. The second-order valence-electron chi connectivity index (χ2n) is 6.04. The van der Waals surface area contributed by atoms with Crippen LogP contribution in [0.1, 0.15) is 12.6 Å². The van der Waals surface area contributed by atoms with Crippen LogP contribution in [0, 0.1) is 0 Å². The van der Waals surface area contributed by atoms with Crippen LogP contribution >= 0.6 is 11.8 Å². The lowest BCUT2D eigenvalue weighted by Gasteiger charge is -2.11. The first kappa shape index (κ1) is 24.1. The maximum atomic E-state index is 13.0. The summed E-state index contributed by atoms with van der Waals surface area (Å²) in [4.78, 5) is 12.6. The number of nitrogens with zero attached hydrogens (tertiary/aromatic N) is 4. The highest BCUT2D eigenvalue weighted by molar-refractivity contribution is 7.98. The molecule has 12 heteroatoms. The van der Waals surface area contributed by atoms with Gasteiger partial charge in [-0.05, 0) is 12.3 Å². The third-order valence-electron chi connectivity index (χ3n) is 4.16. The molecule has 1 unspecified atom stereocenters. The Morgan fingerprint density at radius 1 is 1.23 bits per heavy atom. The van der Waals surface area contributed by atoms with Gasteiger partial charge in [-0.25, -0.2) is 15.0 Å². The Morgan fingerprint density at radius 3 is 2.60 bits per heavy atom. The lowest BCUT2D eigenvalue weighted by atomic mass is 10.3. The van der Waals surface area contributed by atoms with E-state index in [1.807, 2.05) is 6.26 Å². The number of aryl methyl sites for hydroxylation is 1. The molecule has 7 nitrogen and oxygen atoms in total. The molecule has 0 radical (unpaired) electrons. The molecular weight excluding hydrogens is 441 g/mol. The number of ether oxygens (including phenoxy) is 1. The number of thioether (sulfide) groups is 1. The smallest absolute Gasteiger partial charge is 0.433 e. The van der Waals surface area contributed by atoms with Crippen LogP contribution in [0.2, 0.25) is 0 Å². The zero-order chi connectivity index (χ0) is 21.2. The lowest BCUT2D eigenvalue weighted by Crippen LogP contribution is -2.07. The summed E-state index contributed by atoms with van der Waals surface area (Å²) < 4.78 is 58.7. The molecule has 0 aliphatic rings. The van der Waals surface area contributed by atoms with Crippen LogP contribution in [0.15, 0.2) is 29.4 Å². The average Bonchev–Trinajstić information content (AvgIpc) is 3.02. The van der Waals surface area contributed by atoms with Crippen LogP contribution in [0.5, 0.6) is 5.75 Å². The largest absolute Gasteiger partial charge is 0.491 e. The third-order valence-corrected chi connectivity index (χ3v) is 6.06. The third kappa shape index (κ3) is 4.93. The summed E-state index contributed by atoms with van der Waals surface area (Å²) in [5.41, 5.74) is -0.115. The Labute approximate surface area is 177 Å². The van der Waals surface area contributed by atoms with Crippen LogP contribution in [0.3, 0.4) is 0 Å². The van der Waals surface area contributed by atoms with E-state index in [1.54, 1.807) is 36.4 Å². The summed E-state index contributed by atoms with van der Waals surface area (Å²) in [6.45, 7) is 2.26. The van der Waals surface area contributed by atoms with Gasteiger partial charge in [0.05, 0.1) is 45.7 Å². The zero-order valence-corrected chi connectivity index (χ0v) is 18.1. The summed E-state index contributed by atoms with van der Waals surface area (Å²) in [7, 11) is 0.290. The number of halogens is 3. The van der Waals surface area contributed by atoms with Crippen molar-refractivity contribution in [3.8, 4) is 17.3 Å². The Bertz CT molecular complexity index is 1060. The van der Waals surface area contributed by atoms with Crippen LogP contribution in [-0.2, 0) is 24.0 Å². The molecule has 2 N–H and O–H groups in total. The molecule has 0 amide bonds. The monoisotopic (exact) mass is 462 g/mol. The molecule has 164 valence electrons. The molecule has 0 fully saturated rings. The molecule has 0 saturated carbocycles. The fourth-order valence-corrected chi connectivity index (χ4v) is 3.87. The number of alkyl halides is 3. The predicted octanol–water partition coefficient (Wildman–Crippen LogP) is 3.09. The molecule has 1 atom stereocenters. The Hall–Kier alpha value is -2.18. The first-order chi connectivity index (χ1) is 13.8. The van der Waals surface area contributed by atoms with E-state index in [0.717, 1.165) is 18.0 Å². The number of pyridine rings is 2. The van der Waals surface area contributed by atoms with Gasteiger partial charge < -0.3 is 14.8 Å². The Morgan fingerprint density at radius 2 is 1.97 bits per heavy atom. The van der Waals surface area contributed by atoms with Crippen LogP contribution < -0.4 is 4.74 Å². The van der Waals surface area contributed by atoms with Crippen molar-refractivity contribution in [1.29, 1.82) is 0 Å².